The van der Waals surface area contributed by atoms with E-state index in [1.807, 2.05) is 24.3 Å². The Morgan fingerprint density at radius 2 is 2.22 bits per heavy atom. The third-order valence-corrected chi connectivity index (χ3v) is 3.84. The molecule has 1 aliphatic rings. The van der Waals surface area contributed by atoms with Crippen LogP contribution in [0.3, 0.4) is 0 Å². The minimum Gasteiger partial charge on any atom is -0.387 e. The maximum absolute atomic E-state index is 10.3. The summed E-state index contributed by atoms with van der Waals surface area (Å²) in [6.07, 6.45) is 0.467. The van der Waals surface area contributed by atoms with Crippen LogP contribution in [0.2, 0.25) is 5.02 Å². The summed E-state index contributed by atoms with van der Waals surface area (Å²) in [6.45, 7) is 5.18. The van der Waals surface area contributed by atoms with Crippen LogP contribution >= 0.6 is 11.6 Å². The van der Waals surface area contributed by atoms with E-state index in [0.717, 1.165) is 31.7 Å². The van der Waals surface area contributed by atoms with E-state index in [2.05, 4.69) is 11.8 Å². The number of hydrogen-bond donors (Lipinski definition) is 1. The molecule has 2 atom stereocenters. The van der Waals surface area contributed by atoms with Crippen LogP contribution in [0.15, 0.2) is 24.3 Å². The van der Waals surface area contributed by atoms with Gasteiger partial charge in [-0.3, -0.25) is 4.90 Å². The highest BCUT2D eigenvalue weighted by molar-refractivity contribution is 6.31. The van der Waals surface area contributed by atoms with E-state index < -0.39 is 6.10 Å². The molecule has 1 aliphatic heterocycles. The van der Waals surface area contributed by atoms with Crippen molar-refractivity contribution in [3.8, 4) is 0 Å². The Labute approximate surface area is 113 Å². The lowest BCUT2D eigenvalue weighted by atomic mass is 10.1. The van der Waals surface area contributed by atoms with Crippen molar-refractivity contribution in [2.45, 2.75) is 25.5 Å². The molecule has 1 N–H and O–H groups in total. The molecule has 0 aliphatic carbocycles. The lowest BCUT2D eigenvalue weighted by Gasteiger charge is -2.28. The Balaban J connectivity index is 2.02. The van der Waals surface area contributed by atoms with Crippen molar-refractivity contribution in [2.24, 2.45) is 0 Å². The van der Waals surface area contributed by atoms with Gasteiger partial charge in [0.25, 0.3) is 0 Å². The number of aliphatic hydroxyl groups excluding tert-OH is 1. The summed E-state index contributed by atoms with van der Waals surface area (Å²) in [7, 11) is 0. The zero-order chi connectivity index (χ0) is 13.0. The Hall–Kier alpha value is -0.610. The second kappa shape index (κ2) is 6.53. The fourth-order valence-electron chi connectivity index (χ4n) is 2.28. The van der Waals surface area contributed by atoms with E-state index >= 15 is 0 Å². The number of benzene rings is 1. The molecule has 3 nitrogen and oxygen atoms in total. The second-order valence-corrected chi connectivity index (χ2v) is 5.19. The highest BCUT2D eigenvalue weighted by atomic mass is 35.5. The molecule has 2 rings (SSSR count). The quantitative estimate of drug-likeness (QED) is 0.915. The molecule has 0 amide bonds. The van der Waals surface area contributed by atoms with E-state index in [1.165, 1.54) is 0 Å². The molecule has 2 unspecified atom stereocenters. The summed E-state index contributed by atoms with van der Waals surface area (Å²) in [5, 5.41) is 10.9. The van der Waals surface area contributed by atoms with E-state index in [-0.39, 0.29) is 0 Å². The van der Waals surface area contributed by atoms with Crippen LogP contribution in [0.1, 0.15) is 25.0 Å². The Kier molecular flexibility index (Phi) is 5.01. The van der Waals surface area contributed by atoms with Crippen LogP contribution in [0.4, 0.5) is 0 Å². The molecule has 1 aromatic carbocycles. The topological polar surface area (TPSA) is 32.7 Å². The largest absolute Gasteiger partial charge is 0.387 e. The zero-order valence-corrected chi connectivity index (χ0v) is 11.4. The summed E-state index contributed by atoms with van der Waals surface area (Å²) in [5.74, 6) is 0. The van der Waals surface area contributed by atoms with Crippen molar-refractivity contribution in [3.63, 3.8) is 0 Å². The average molecular weight is 270 g/mol. The van der Waals surface area contributed by atoms with Crippen molar-refractivity contribution < 1.29 is 9.84 Å². The molecule has 1 aromatic rings. The molecule has 18 heavy (non-hydrogen) atoms. The van der Waals surface area contributed by atoms with Crippen LogP contribution in [-0.2, 0) is 4.74 Å². The molecule has 1 heterocycles. The van der Waals surface area contributed by atoms with Crippen LogP contribution in [0, 0.1) is 0 Å². The molecule has 0 spiro atoms. The number of aliphatic hydroxyl groups is 1. The normalized spacial score (nSPS) is 23.6. The lowest BCUT2D eigenvalue weighted by molar-refractivity contribution is 0.0884. The first-order valence-electron chi connectivity index (χ1n) is 6.43. The van der Waals surface area contributed by atoms with Crippen LogP contribution in [-0.4, -0.2) is 42.4 Å². The number of nitrogens with zero attached hydrogens (tertiary/aromatic N) is 1. The van der Waals surface area contributed by atoms with Gasteiger partial charge < -0.3 is 9.84 Å². The standard InChI is InChI=1S/C14H20ClNO2/c1-11-6-8-18-9-7-16(11)10-14(17)12-4-2-3-5-13(12)15/h2-5,11,14,17H,6-10H2,1H3. The van der Waals surface area contributed by atoms with Crippen molar-refractivity contribution >= 4 is 11.6 Å². The highest BCUT2D eigenvalue weighted by Gasteiger charge is 2.21. The first-order valence-corrected chi connectivity index (χ1v) is 6.80. The third-order valence-electron chi connectivity index (χ3n) is 3.50. The van der Waals surface area contributed by atoms with Gasteiger partial charge in [0.15, 0.2) is 0 Å². The van der Waals surface area contributed by atoms with Gasteiger partial charge in [0.2, 0.25) is 0 Å². The Bertz CT molecular complexity index is 386. The van der Waals surface area contributed by atoms with Gasteiger partial charge in [0.1, 0.15) is 0 Å². The first kappa shape index (κ1) is 13.8. The lowest BCUT2D eigenvalue weighted by Crippen LogP contribution is -2.37. The predicted molar refractivity (Wildman–Crippen MR) is 72.9 cm³/mol. The van der Waals surface area contributed by atoms with Crippen LogP contribution in [0.5, 0.6) is 0 Å². The van der Waals surface area contributed by atoms with Crippen molar-refractivity contribution in [1.29, 1.82) is 0 Å². The molecule has 0 aromatic heterocycles. The molecule has 0 bridgehead atoms. The number of β-amino-alcohol motifs (C(OH)–C–C–N with tert-alkyl or cyclic N) is 1. The average Bonchev–Trinajstić information content (AvgIpc) is 2.55. The first-order chi connectivity index (χ1) is 8.68. The maximum Gasteiger partial charge on any atom is 0.0931 e. The minimum absolute atomic E-state index is 0.435. The zero-order valence-electron chi connectivity index (χ0n) is 10.7. The molecule has 1 fully saturated rings. The SMILES string of the molecule is CC1CCOCCN1CC(O)c1ccccc1Cl. The fourth-order valence-corrected chi connectivity index (χ4v) is 2.54. The van der Waals surface area contributed by atoms with Crippen LogP contribution in [0.25, 0.3) is 0 Å². The van der Waals surface area contributed by atoms with Gasteiger partial charge in [-0.1, -0.05) is 29.8 Å². The molecule has 0 saturated carbocycles. The van der Waals surface area contributed by atoms with Crippen molar-refractivity contribution in [2.75, 3.05) is 26.3 Å². The van der Waals surface area contributed by atoms with E-state index in [0.29, 0.717) is 17.6 Å². The molecule has 0 radical (unpaired) electrons. The highest BCUT2D eigenvalue weighted by Crippen LogP contribution is 2.24. The fraction of sp³-hybridized carbons (Fsp3) is 0.571. The van der Waals surface area contributed by atoms with Gasteiger partial charge in [0, 0.05) is 36.3 Å². The summed E-state index contributed by atoms with van der Waals surface area (Å²) >= 11 is 6.10. The number of halogens is 1. The third kappa shape index (κ3) is 3.45. The minimum atomic E-state index is -0.542. The van der Waals surface area contributed by atoms with E-state index in [1.54, 1.807) is 0 Å². The number of ether oxygens (including phenoxy) is 1. The van der Waals surface area contributed by atoms with Gasteiger partial charge in [-0.25, -0.2) is 0 Å². The molecular formula is C14H20ClNO2. The monoisotopic (exact) mass is 269 g/mol. The molecular weight excluding hydrogens is 250 g/mol. The maximum atomic E-state index is 10.3. The molecule has 4 heteroatoms. The number of rotatable bonds is 3. The van der Waals surface area contributed by atoms with Crippen LogP contribution < -0.4 is 0 Å². The summed E-state index contributed by atoms with van der Waals surface area (Å²) < 4.78 is 5.46. The Morgan fingerprint density at radius 3 is 3.00 bits per heavy atom. The van der Waals surface area contributed by atoms with Gasteiger partial charge in [0.05, 0.1) is 12.7 Å². The van der Waals surface area contributed by atoms with E-state index in [4.69, 9.17) is 16.3 Å². The summed E-state index contributed by atoms with van der Waals surface area (Å²) in [5.41, 5.74) is 0.802. The van der Waals surface area contributed by atoms with Gasteiger partial charge in [-0.2, -0.15) is 0 Å². The second-order valence-electron chi connectivity index (χ2n) is 4.78. The summed E-state index contributed by atoms with van der Waals surface area (Å²) in [6, 6.07) is 7.91. The van der Waals surface area contributed by atoms with E-state index in [9.17, 15) is 5.11 Å². The van der Waals surface area contributed by atoms with Crippen molar-refractivity contribution in [1.82, 2.24) is 4.90 Å². The van der Waals surface area contributed by atoms with Gasteiger partial charge in [-0.15, -0.1) is 0 Å². The predicted octanol–water partition coefficient (Wildman–Crippen LogP) is 2.48. The molecule has 100 valence electrons. The summed E-state index contributed by atoms with van der Waals surface area (Å²) in [4.78, 5) is 2.26. The smallest absolute Gasteiger partial charge is 0.0931 e. The number of hydrogen-bond acceptors (Lipinski definition) is 3. The van der Waals surface area contributed by atoms with Gasteiger partial charge in [-0.05, 0) is 19.4 Å². The van der Waals surface area contributed by atoms with Crippen molar-refractivity contribution in [3.05, 3.63) is 34.9 Å². The molecule has 1 saturated heterocycles. The van der Waals surface area contributed by atoms with Gasteiger partial charge >= 0.3 is 0 Å². The Morgan fingerprint density at radius 1 is 1.44 bits per heavy atom.